The Bertz CT molecular complexity index is 469. The van der Waals surface area contributed by atoms with Gasteiger partial charge in [0, 0.05) is 23.3 Å². The van der Waals surface area contributed by atoms with Gasteiger partial charge in [0.2, 0.25) is 0 Å². The second kappa shape index (κ2) is 4.71. The number of fused-ring (bicyclic) bond motifs is 1. The van der Waals surface area contributed by atoms with Crippen LogP contribution in [0, 0.1) is 0 Å². The fourth-order valence-corrected chi connectivity index (χ4v) is 1.58. The quantitative estimate of drug-likeness (QED) is 0.823. The second-order valence-corrected chi connectivity index (χ2v) is 3.43. The molecule has 0 saturated heterocycles. The van der Waals surface area contributed by atoms with Crippen molar-refractivity contribution in [3.05, 3.63) is 48.3 Å². The maximum Gasteiger partial charge on any atom is 0.0346 e. The fourth-order valence-electron chi connectivity index (χ4n) is 1.58. The van der Waals surface area contributed by atoms with Crippen molar-refractivity contribution < 1.29 is 0 Å². The molecule has 0 aliphatic heterocycles. The standard InChI is InChI=1S/C13H14N2/c14-8-4-3-6-12-10-15-9-11-5-1-2-7-13(11)12/h1-3,5-7,9-10H,4,8,14H2/b6-3+. The summed E-state index contributed by atoms with van der Waals surface area (Å²) in [6.07, 6.45) is 8.85. The van der Waals surface area contributed by atoms with Crippen LogP contribution in [0.4, 0.5) is 0 Å². The Balaban J connectivity index is 2.42. The Labute approximate surface area is 89.4 Å². The summed E-state index contributed by atoms with van der Waals surface area (Å²) in [6, 6.07) is 8.25. The summed E-state index contributed by atoms with van der Waals surface area (Å²) in [5.74, 6) is 0. The summed E-state index contributed by atoms with van der Waals surface area (Å²) in [4.78, 5) is 4.21. The van der Waals surface area contributed by atoms with Crippen LogP contribution in [-0.4, -0.2) is 11.5 Å². The monoisotopic (exact) mass is 198 g/mol. The van der Waals surface area contributed by atoms with E-state index in [1.54, 1.807) is 0 Å². The van der Waals surface area contributed by atoms with Gasteiger partial charge in [0.1, 0.15) is 0 Å². The van der Waals surface area contributed by atoms with E-state index in [1.807, 2.05) is 24.5 Å². The first-order valence-corrected chi connectivity index (χ1v) is 5.11. The van der Waals surface area contributed by atoms with Crippen LogP contribution in [0.25, 0.3) is 16.8 Å². The molecule has 0 atom stereocenters. The van der Waals surface area contributed by atoms with E-state index in [-0.39, 0.29) is 0 Å². The fraction of sp³-hybridized carbons (Fsp3) is 0.154. The van der Waals surface area contributed by atoms with Gasteiger partial charge in [-0.2, -0.15) is 0 Å². The molecule has 0 unspecified atom stereocenters. The van der Waals surface area contributed by atoms with Gasteiger partial charge in [-0.05, 0) is 18.4 Å². The minimum absolute atomic E-state index is 0.689. The number of aromatic nitrogens is 1. The first kappa shape index (κ1) is 9.87. The summed E-state index contributed by atoms with van der Waals surface area (Å²) in [5, 5.41) is 2.41. The van der Waals surface area contributed by atoms with Crippen LogP contribution in [0.1, 0.15) is 12.0 Å². The predicted molar refractivity (Wildman–Crippen MR) is 64.4 cm³/mol. The molecule has 0 radical (unpaired) electrons. The summed E-state index contributed by atoms with van der Waals surface area (Å²) in [7, 11) is 0. The summed E-state index contributed by atoms with van der Waals surface area (Å²) in [6.45, 7) is 0.689. The number of pyridine rings is 1. The molecule has 0 aliphatic carbocycles. The van der Waals surface area contributed by atoms with Crippen molar-refractivity contribution in [1.82, 2.24) is 4.98 Å². The molecule has 15 heavy (non-hydrogen) atoms. The second-order valence-electron chi connectivity index (χ2n) is 3.43. The first-order valence-electron chi connectivity index (χ1n) is 5.11. The van der Waals surface area contributed by atoms with Crippen molar-refractivity contribution in [1.29, 1.82) is 0 Å². The molecule has 0 amide bonds. The zero-order valence-electron chi connectivity index (χ0n) is 8.56. The van der Waals surface area contributed by atoms with Gasteiger partial charge in [-0.1, -0.05) is 36.4 Å². The van der Waals surface area contributed by atoms with Gasteiger partial charge in [0.25, 0.3) is 0 Å². The molecule has 2 heteroatoms. The van der Waals surface area contributed by atoms with Crippen molar-refractivity contribution in [2.75, 3.05) is 6.54 Å². The minimum Gasteiger partial charge on any atom is -0.330 e. The first-order chi connectivity index (χ1) is 7.42. The van der Waals surface area contributed by atoms with E-state index in [0.717, 1.165) is 12.0 Å². The lowest BCUT2D eigenvalue weighted by Gasteiger charge is -2.00. The van der Waals surface area contributed by atoms with Crippen molar-refractivity contribution in [2.24, 2.45) is 5.73 Å². The van der Waals surface area contributed by atoms with Gasteiger partial charge in [-0.15, -0.1) is 0 Å². The Morgan fingerprint density at radius 3 is 2.93 bits per heavy atom. The van der Waals surface area contributed by atoms with Gasteiger partial charge in [0.05, 0.1) is 0 Å². The molecule has 76 valence electrons. The SMILES string of the molecule is NCC/C=C/c1cncc2ccccc12. The zero-order valence-corrected chi connectivity index (χ0v) is 8.56. The van der Waals surface area contributed by atoms with Crippen LogP contribution in [-0.2, 0) is 0 Å². The maximum atomic E-state index is 5.44. The maximum absolute atomic E-state index is 5.44. The molecule has 0 saturated carbocycles. The highest BCUT2D eigenvalue weighted by molar-refractivity contribution is 5.89. The topological polar surface area (TPSA) is 38.9 Å². The van der Waals surface area contributed by atoms with Crippen LogP contribution in [0.3, 0.4) is 0 Å². The molecule has 1 aromatic heterocycles. The van der Waals surface area contributed by atoms with Crippen LogP contribution in [0.15, 0.2) is 42.7 Å². The lowest BCUT2D eigenvalue weighted by molar-refractivity contribution is 1.01. The third kappa shape index (κ3) is 2.22. The van der Waals surface area contributed by atoms with E-state index in [1.165, 1.54) is 10.8 Å². The molecular formula is C13H14N2. The molecule has 1 aromatic carbocycles. The molecular weight excluding hydrogens is 184 g/mol. The van der Waals surface area contributed by atoms with Crippen molar-refractivity contribution in [3.8, 4) is 0 Å². The Hall–Kier alpha value is -1.67. The highest BCUT2D eigenvalue weighted by atomic mass is 14.6. The third-order valence-corrected chi connectivity index (χ3v) is 2.33. The number of benzene rings is 1. The third-order valence-electron chi connectivity index (χ3n) is 2.33. The van der Waals surface area contributed by atoms with E-state index in [0.29, 0.717) is 6.54 Å². The summed E-state index contributed by atoms with van der Waals surface area (Å²) < 4.78 is 0. The van der Waals surface area contributed by atoms with Gasteiger partial charge < -0.3 is 5.73 Å². The van der Waals surface area contributed by atoms with Gasteiger partial charge in [0.15, 0.2) is 0 Å². The molecule has 1 heterocycles. The number of rotatable bonds is 3. The molecule has 0 bridgehead atoms. The Morgan fingerprint density at radius 1 is 1.20 bits per heavy atom. The van der Waals surface area contributed by atoms with E-state index >= 15 is 0 Å². The number of hydrogen-bond donors (Lipinski definition) is 1. The number of nitrogens with zero attached hydrogens (tertiary/aromatic N) is 1. The smallest absolute Gasteiger partial charge is 0.0346 e. The lowest BCUT2D eigenvalue weighted by atomic mass is 10.1. The molecule has 0 spiro atoms. The summed E-state index contributed by atoms with van der Waals surface area (Å²) in [5.41, 5.74) is 6.59. The molecule has 2 rings (SSSR count). The zero-order chi connectivity index (χ0) is 10.5. The van der Waals surface area contributed by atoms with E-state index in [2.05, 4.69) is 29.3 Å². The molecule has 2 nitrogen and oxygen atoms in total. The molecule has 0 aliphatic rings. The average molecular weight is 198 g/mol. The van der Waals surface area contributed by atoms with Gasteiger partial charge in [-0.3, -0.25) is 4.98 Å². The van der Waals surface area contributed by atoms with Crippen molar-refractivity contribution in [2.45, 2.75) is 6.42 Å². The van der Waals surface area contributed by atoms with Gasteiger partial charge in [-0.25, -0.2) is 0 Å². The Kier molecular flexibility index (Phi) is 3.10. The van der Waals surface area contributed by atoms with Crippen LogP contribution >= 0.6 is 0 Å². The number of nitrogens with two attached hydrogens (primary N) is 1. The van der Waals surface area contributed by atoms with Crippen LogP contribution < -0.4 is 5.73 Å². The number of hydrogen-bond acceptors (Lipinski definition) is 2. The van der Waals surface area contributed by atoms with Crippen LogP contribution in [0.5, 0.6) is 0 Å². The van der Waals surface area contributed by atoms with Crippen molar-refractivity contribution in [3.63, 3.8) is 0 Å². The Morgan fingerprint density at radius 2 is 2.07 bits per heavy atom. The molecule has 0 fully saturated rings. The molecule has 2 N–H and O–H groups in total. The summed E-state index contributed by atoms with van der Waals surface area (Å²) >= 11 is 0. The van der Waals surface area contributed by atoms with E-state index < -0.39 is 0 Å². The minimum atomic E-state index is 0.689. The van der Waals surface area contributed by atoms with Crippen molar-refractivity contribution >= 4 is 16.8 Å². The highest BCUT2D eigenvalue weighted by Gasteiger charge is 1.96. The highest BCUT2D eigenvalue weighted by Crippen LogP contribution is 2.18. The van der Waals surface area contributed by atoms with Crippen LogP contribution in [0.2, 0.25) is 0 Å². The average Bonchev–Trinajstić information content (AvgIpc) is 2.30. The van der Waals surface area contributed by atoms with Gasteiger partial charge >= 0.3 is 0 Å². The molecule has 2 aromatic rings. The van der Waals surface area contributed by atoms with E-state index in [4.69, 9.17) is 5.73 Å². The normalized spacial score (nSPS) is 11.3. The largest absolute Gasteiger partial charge is 0.330 e. The van der Waals surface area contributed by atoms with E-state index in [9.17, 15) is 0 Å². The lowest BCUT2D eigenvalue weighted by Crippen LogP contribution is -1.95. The predicted octanol–water partition coefficient (Wildman–Crippen LogP) is 2.60.